The van der Waals surface area contributed by atoms with Gasteiger partial charge >= 0.3 is 6.09 Å². The molecule has 1 aliphatic rings. The van der Waals surface area contributed by atoms with E-state index in [1.807, 2.05) is 27.7 Å². The van der Waals surface area contributed by atoms with E-state index in [0.29, 0.717) is 6.61 Å². The van der Waals surface area contributed by atoms with Crippen LogP contribution in [-0.2, 0) is 4.74 Å². The highest BCUT2D eigenvalue weighted by molar-refractivity contribution is 5.70. The van der Waals surface area contributed by atoms with Crippen molar-refractivity contribution in [2.45, 2.75) is 39.3 Å². The molecule has 0 bridgehead atoms. The van der Waals surface area contributed by atoms with Gasteiger partial charge in [0.25, 0.3) is 0 Å². The molecule has 0 unspecified atom stereocenters. The highest BCUT2D eigenvalue weighted by Crippen LogP contribution is 2.22. The molecule has 0 radical (unpaired) electrons. The van der Waals surface area contributed by atoms with E-state index >= 15 is 0 Å². The monoisotopic (exact) mass is 157 g/mol. The van der Waals surface area contributed by atoms with E-state index < -0.39 is 0 Å². The van der Waals surface area contributed by atoms with E-state index in [2.05, 4.69) is 0 Å². The van der Waals surface area contributed by atoms with Crippen LogP contribution in [0.3, 0.4) is 0 Å². The molecule has 0 saturated carbocycles. The average Bonchev–Trinajstić information content (AvgIpc) is 2.08. The first-order chi connectivity index (χ1) is 4.93. The molecule has 0 aromatic heterocycles. The summed E-state index contributed by atoms with van der Waals surface area (Å²) < 4.78 is 4.89. The van der Waals surface area contributed by atoms with E-state index in [-0.39, 0.29) is 17.7 Å². The molecule has 1 aliphatic heterocycles. The Bertz CT molecular complexity index is 171. The molecule has 0 N–H and O–H groups in total. The Hall–Kier alpha value is -0.730. The van der Waals surface area contributed by atoms with Gasteiger partial charge in [0.1, 0.15) is 6.61 Å². The topological polar surface area (TPSA) is 29.5 Å². The zero-order valence-corrected chi connectivity index (χ0v) is 7.55. The third-order valence-electron chi connectivity index (χ3n) is 1.81. The second-order valence-electron chi connectivity index (χ2n) is 3.97. The van der Waals surface area contributed by atoms with Crippen molar-refractivity contribution >= 4 is 6.09 Å². The van der Waals surface area contributed by atoms with Crippen LogP contribution in [0.15, 0.2) is 0 Å². The lowest BCUT2D eigenvalue weighted by molar-refractivity contribution is 0.124. The highest BCUT2D eigenvalue weighted by atomic mass is 16.6. The van der Waals surface area contributed by atoms with Crippen LogP contribution in [0.1, 0.15) is 27.7 Å². The summed E-state index contributed by atoms with van der Waals surface area (Å²) in [7, 11) is 0. The fourth-order valence-electron chi connectivity index (χ4n) is 1.45. The van der Waals surface area contributed by atoms with Crippen molar-refractivity contribution in [3.63, 3.8) is 0 Å². The molecule has 1 heterocycles. The maximum absolute atomic E-state index is 11.1. The maximum atomic E-state index is 11.1. The molecule has 0 aromatic carbocycles. The number of carbonyl (C=O) groups excluding carboxylic acids is 1. The van der Waals surface area contributed by atoms with Crippen LogP contribution in [0, 0.1) is 0 Å². The third-order valence-corrected chi connectivity index (χ3v) is 1.81. The maximum Gasteiger partial charge on any atom is 0.410 e. The molecule has 1 amide bonds. The molecular formula is C8H15NO2. The Balaban J connectivity index is 2.77. The van der Waals surface area contributed by atoms with Crippen LogP contribution in [0.25, 0.3) is 0 Å². The van der Waals surface area contributed by atoms with Gasteiger partial charge in [0, 0.05) is 5.54 Å². The Labute approximate surface area is 67.3 Å². The van der Waals surface area contributed by atoms with Crippen LogP contribution in [0.5, 0.6) is 0 Å². The molecular weight excluding hydrogens is 142 g/mol. The van der Waals surface area contributed by atoms with Gasteiger partial charge in [0.05, 0.1) is 6.04 Å². The van der Waals surface area contributed by atoms with E-state index in [1.54, 1.807) is 4.90 Å². The summed E-state index contributed by atoms with van der Waals surface area (Å²) in [5.74, 6) is 0. The molecule has 1 rings (SSSR count). The number of carbonyl (C=O) groups is 1. The van der Waals surface area contributed by atoms with Gasteiger partial charge in [0.15, 0.2) is 0 Å². The molecule has 64 valence electrons. The number of rotatable bonds is 0. The molecule has 1 atom stereocenters. The fourth-order valence-corrected chi connectivity index (χ4v) is 1.45. The number of hydrogen-bond acceptors (Lipinski definition) is 2. The van der Waals surface area contributed by atoms with Gasteiger partial charge in [-0.3, -0.25) is 4.90 Å². The lowest BCUT2D eigenvalue weighted by atomic mass is 10.1. The predicted molar refractivity (Wildman–Crippen MR) is 42.4 cm³/mol. The quantitative estimate of drug-likeness (QED) is 0.534. The van der Waals surface area contributed by atoms with Crippen molar-refractivity contribution in [1.82, 2.24) is 4.90 Å². The molecule has 1 saturated heterocycles. The van der Waals surface area contributed by atoms with Gasteiger partial charge < -0.3 is 4.74 Å². The molecule has 3 heteroatoms. The summed E-state index contributed by atoms with van der Waals surface area (Å²) in [5.41, 5.74) is -0.118. The number of amides is 1. The van der Waals surface area contributed by atoms with Crippen molar-refractivity contribution in [2.75, 3.05) is 6.61 Å². The summed E-state index contributed by atoms with van der Waals surface area (Å²) in [6, 6.07) is 0.211. The number of hydrogen-bond donors (Lipinski definition) is 0. The normalized spacial score (nSPS) is 25.6. The zero-order chi connectivity index (χ0) is 8.65. The van der Waals surface area contributed by atoms with E-state index in [4.69, 9.17) is 4.74 Å². The summed E-state index contributed by atoms with van der Waals surface area (Å²) in [6.45, 7) is 8.55. The van der Waals surface area contributed by atoms with Crippen molar-refractivity contribution in [2.24, 2.45) is 0 Å². The zero-order valence-electron chi connectivity index (χ0n) is 7.55. The SMILES string of the molecule is C[C@@H]1COC(=O)N1C(C)(C)C. The van der Waals surface area contributed by atoms with Crippen LogP contribution in [0.2, 0.25) is 0 Å². The largest absolute Gasteiger partial charge is 0.447 e. The highest BCUT2D eigenvalue weighted by Gasteiger charge is 2.37. The van der Waals surface area contributed by atoms with Gasteiger partial charge in [-0.25, -0.2) is 4.79 Å². The fraction of sp³-hybridized carbons (Fsp3) is 0.875. The number of nitrogens with zero attached hydrogens (tertiary/aromatic N) is 1. The van der Waals surface area contributed by atoms with E-state index in [0.717, 1.165) is 0 Å². The first-order valence-corrected chi connectivity index (χ1v) is 3.89. The first kappa shape index (κ1) is 8.37. The van der Waals surface area contributed by atoms with Crippen molar-refractivity contribution < 1.29 is 9.53 Å². The van der Waals surface area contributed by atoms with E-state index in [1.165, 1.54) is 0 Å². The lowest BCUT2D eigenvalue weighted by Crippen LogP contribution is -2.46. The summed E-state index contributed by atoms with van der Waals surface area (Å²) >= 11 is 0. The van der Waals surface area contributed by atoms with Crippen LogP contribution < -0.4 is 0 Å². The molecule has 0 aromatic rings. The number of cyclic esters (lactones) is 1. The molecule has 1 fully saturated rings. The van der Waals surface area contributed by atoms with Crippen molar-refractivity contribution in [1.29, 1.82) is 0 Å². The molecule has 0 aliphatic carbocycles. The minimum atomic E-state index is -0.190. The summed E-state index contributed by atoms with van der Waals surface area (Å²) in [5, 5.41) is 0. The lowest BCUT2D eigenvalue weighted by Gasteiger charge is -2.32. The van der Waals surface area contributed by atoms with Gasteiger partial charge in [-0.15, -0.1) is 0 Å². The molecule has 3 nitrogen and oxygen atoms in total. The Morgan fingerprint density at radius 3 is 2.27 bits per heavy atom. The van der Waals surface area contributed by atoms with E-state index in [9.17, 15) is 4.79 Å². The van der Waals surface area contributed by atoms with Gasteiger partial charge in [-0.2, -0.15) is 0 Å². The third kappa shape index (κ3) is 1.47. The Morgan fingerprint density at radius 2 is 2.09 bits per heavy atom. The first-order valence-electron chi connectivity index (χ1n) is 3.89. The van der Waals surface area contributed by atoms with Crippen molar-refractivity contribution in [3.8, 4) is 0 Å². The standard InChI is InChI=1S/C8H15NO2/c1-6-5-11-7(10)9(6)8(2,3)4/h6H,5H2,1-4H3/t6-/m1/s1. The molecule has 0 spiro atoms. The second-order valence-corrected chi connectivity index (χ2v) is 3.97. The van der Waals surface area contributed by atoms with Crippen LogP contribution in [-0.4, -0.2) is 29.2 Å². The second kappa shape index (κ2) is 2.40. The van der Waals surface area contributed by atoms with Crippen LogP contribution in [0.4, 0.5) is 4.79 Å². The average molecular weight is 157 g/mol. The predicted octanol–water partition coefficient (Wildman–Crippen LogP) is 1.63. The van der Waals surface area contributed by atoms with Crippen molar-refractivity contribution in [3.05, 3.63) is 0 Å². The van der Waals surface area contributed by atoms with Crippen LogP contribution >= 0.6 is 0 Å². The summed E-state index contributed by atoms with van der Waals surface area (Å²) in [6.07, 6.45) is -0.190. The number of ether oxygens (including phenoxy) is 1. The minimum absolute atomic E-state index is 0.118. The van der Waals surface area contributed by atoms with Gasteiger partial charge in [-0.05, 0) is 27.7 Å². The Morgan fingerprint density at radius 1 is 1.55 bits per heavy atom. The van der Waals surface area contributed by atoms with Gasteiger partial charge in [-0.1, -0.05) is 0 Å². The van der Waals surface area contributed by atoms with Gasteiger partial charge in [0.2, 0.25) is 0 Å². The minimum Gasteiger partial charge on any atom is -0.447 e. The molecule has 11 heavy (non-hydrogen) atoms. The smallest absolute Gasteiger partial charge is 0.410 e. The summed E-state index contributed by atoms with van der Waals surface area (Å²) in [4.78, 5) is 12.9. The Kier molecular flexibility index (Phi) is 1.82.